The van der Waals surface area contributed by atoms with E-state index in [0.717, 1.165) is 0 Å². The van der Waals surface area contributed by atoms with Crippen LogP contribution in [0.15, 0.2) is 80.4 Å². The van der Waals surface area contributed by atoms with Crippen LogP contribution in [0.2, 0.25) is 0 Å². The molecule has 0 heterocycles. The fourth-order valence-corrected chi connectivity index (χ4v) is 1.20. The fraction of sp³-hybridized carbons (Fsp3) is 0.0588. The van der Waals surface area contributed by atoms with E-state index in [1.54, 1.807) is 0 Å². The predicted octanol–water partition coefficient (Wildman–Crippen LogP) is 5.13. The van der Waals surface area contributed by atoms with Gasteiger partial charge in [-0.1, -0.05) is 73.3 Å². The van der Waals surface area contributed by atoms with Crippen molar-refractivity contribution >= 4 is 6.08 Å². The molecule has 0 aliphatic carbocycles. The molecule has 0 fully saturated rings. The zero-order valence-electron chi connectivity index (χ0n) is 10.5. The highest BCUT2D eigenvalue weighted by Crippen LogP contribution is 2.06. The van der Waals surface area contributed by atoms with Crippen LogP contribution in [-0.2, 0) is 0 Å². The van der Waals surface area contributed by atoms with Gasteiger partial charge in [0.05, 0.1) is 0 Å². The van der Waals surface area contributed by atoms with E-state index in [1.807, 2.05) is 54.6 Å². The second-order valence-corrected chi connectivity index (χ2v) is 3.22. The average molecular weight is 224 g/mol. The quantitative estimate of drug-likeness (QED) is 0.589. The number of rotatable bonds is 1. The minimum absolute atomic E-state index is 1.22. The van der Waals surface area contributed by atoms with Gasteiger partial charge in [0.2, 0.25) is 0 Å². The second kappa shape index (κ2) is 10.4. The lowest BCUT2D eigenvalue weighted by molar-refractivity contribution is 1.45. The van der Waals surface area contributed by atoms with Crippen molar-refractivity contribution in [3.05, 3.63) is 91.5 Å². The van der Waals surface area contributed by atoms with Crippen LogP contribution in [0.1, 0.15) is 11.1 Å². The molecule has 0 radical (unpaired) electrons. The highest BCUT2D eigenvalue weighted by molar-refractivity contribution is 5.50. The summed E-state index contributed by atoms with van der Waals surface area (Å²) in [6.07, 6.45) is 1.87. The molecule has 2 aromatic carbocycles. The van der Waals surface area contributed by atoms with E-state index >= 15 is 0 Å². The Balaban J connectivity index is 0.000000278. The molecule has 0 atom stereocenters. The molecule has 0 aromatic heterocycles. The van der Waals surface area contributed by atoms with Crippen LogP contribution in [0.4, 0.5) is 0 Å². The van der Waals surface area contributed by atoms with Crippen LogP contribution in [0.25, 0.3) is 6.08 Å². The molecule has 0 nitrogen and oxygen atoms in total. The van der Waals surface area contributed by atoms with Crippen LogP contribution < -0.4 is 0 Å². The molecule has 0 bridgehead atoms. The molecule has 0 N–H and O–H groups in total. The molecule has 2 rings (SSSR count). The Hall–Kier alpha value is -2.08. The molecule has 17 heavy (non-hydrogen) atoms. The third-order valence-electron chi connectivity index (χ3n) is 2.08. The topological polar surface area (TPSA) is 0 Å². The van der Waals surface area contributed by atoms with Crippen molar-refractivity contribution in [1.29, 1.82) is 0 Å². The smallest absolute Gasteiger partial charge is 0.0233 e. The molecular weight excluding hydrogens is 204 g/mol. The van der Waals surface area contributed by atoms with Gasteiger partial charge in [-0.05, 0) is 18.1 Å². The fourth-order valence-electron chi connectivity index (χ4n) is 1.20. The van der Waals surface area contributed by atoms with E-state index in [1.165, 1.54) is 11.1 Å². The van der Waals surface area contributed by atoms with E-state index in [2.05, 4.69) is 38.8 Å². The van der Waals surface area contributed by atoms with Gasteiger partial charge < -0.3 is 0 Å². The van der Waals surface area contributed by atoms with E-state index < -0.39 is 0 Å². The molecule has 0 spiro atoms. The first-order valence-electron chi connectivity index (χ1n) is 5.52. The Kier molecular flexibility index (Phi) is 9.16. The third-order valence-corrected chi connectivity index (χ3v) is 2.08. The van der Waals surface area contributed by atoms with Gasteiger partial charge in [0.15, 0.2) is 0 Å². The highest BCUT2D eigenvalue weighted by atomic mass is 13.9. The summed E-state index contributed by atoms with van der Waals surface area (Å²) in [4.78, 5) is 0. The average Bonchev–Trinajstić information content (AvgIpc) is 2.44. The monoisotopic (exact) mass is 224 g/mol. The van der Waals surface area contributed by atoms with Crippen molar-refractivity contribution in [1.82, 2.24) is 0 Å². The van der Waals surface area contributed by atoms with Gasteiger partial charge in [-0.3, -0.25) is 0 Å². The molecule has 2 aromatic rings. The zero-order valence-corrected chi connectivity index (χ0v) is 10.5. The maximum absolute atomic E-state index is 3.69. The molecule has 0 aliphatic heterocycles. The van der Waals surface area contributed by atoms with Gasteiger partial charge in [0, 0.05) is 0 Å². The van der Waals surface area contributed by atoms with Crippen molar-refractivity contribution in [2.75, 3.05) is 0 Å². The first-order valence-corrected chi connectivity index (χ1v) is 5.52. The van der Waals surface area contributed by atoms with E-state index in [0.29, 0.717) is 0 Å². The summed E-state index contributed by atoms with van der Waals surface area (Å²) in [6.45, 7) is 11.8. The van der Waals surface area contributed by atoms with Crippen molar-refractivity contribution in [2.24, 2.45) is 0 Å². The Morgan fingerprint density at radius 3 is 1.47 bits per heavy atom. The van der Waals surface area contributed by atoms with Gasteiger partial charge in [0.1, 0.15) is 0 Å². The van der Waals surface area contributed by atoms with Crippen LogP contribution in [-0.4, -0.2) is 0 Å². The Labute approximate surface area is 105 Å². The van der Waals surface area contributed by atoms with Gasteiger partial charge in [-0.25, -0.2) is 0 Å². The van der Waals surface area contributed by atoms with Crippen LogP contribution in [0.3, 0.4) is 0 Å². The summed E-state index contributed by atoms with van der Waals surface area (Å²) < 4.78 is 0. The Morgan fingerprint density at radius 1 is 0.765 bits per heavy atom. The standard InChI is InChI=1S/C9H10.C6H6.C2H4/c1-3-9-7-5-4-6-8(9)2;1-2-4-6-5-3-1;1-2/h3-7H,1H2,2H3;1-6H;1-2H2. The molecule has 0 saturated carbocycles. The SMILES string of the molecule is C=C.C=Cc1ccccc1C.c1ccccc1. The lowest BCUT2D eigenvalue weighted by Gasteiger charge is -1.95. The molecule has 88 valence electrons. The molecule has 0 amide bonds. The zero-order chi connectivity index (χ0) is 12.9. The maximum atomic E-state index is 3.69. The normalized spacial score (nSPS) is 7.82. The van der Waals surface area contributed by atoms with E-state index in [9.17, 15) is 0 Å². The number of aryl methyl sites for hydroxylation is 1. The van der Waals surface area contributed by atoms with Gasteiger partial charge in [0.25, 0.3) is 0 Å². The summed E-state index contributed by atoms with van der Waals surface area (Å²) in [5, 5.41) is 0. The first-order chi connectivity index (χ1) is 8.34. The summed E-state index contributed by atoms with van der Waals surface area (Å²) in [5.41, 5.74) is 2.50. The summed E-state index contributed by atoms with van der Waals surface area (Å²) in [7, 11) is 0. The van der Waals surface area contributed by atoms with Crippen LogP contribution in [0, 0.1) is 6.92 Å². The molecule has 0 heteroatoms. The van der Waals surface area contributed by atoms with E-state index in [4.69, 9.17) is 0 Å². The minimum Gasteiger partial charge on any atom is -0.106 e. The first kappa shape index (κ1) is 14.9. The maximum Gasteiger partial charge on any atom is -0.0233 e. The van der Waals surface area contributed by atoms with Crippen molar-refractivity contribution < 1.29 is 0 Å². The van der Waals surface area contributed by atoms with Crippen molar-refractivity contribution in [2.45, 2.75) is 6.92 Å². The summed E-state index contributed by atoms with van der Waals surface area (Å²) in [5.74, 6) is 0. The van der Waals surface area contributed by atoms with Gasteiger partial charge in [-0.2, -0.15) is 0 Å². The lowest BCUT2D eigenvalue weighted by Crippen LogP contribution is -1.75. The van der Waals surface area contributed by atoms with E-state index in [-0.39, 0.29) is 0 Å². The van der Waals surface area contributed by atoms with Crippen molar-refractivity contribution in [3.8, 4) is 0 Å². The summed E-state index contributed by atoms with van der Waals surface area (Å²) in [6, 6.07) is 20.2. The van der Waals surface area contributed by atoms with Gasteiger partial charge in [-0.15, -0.1) is 13.2 Å². The molecule has 0 unspecified atom stereocenters. The Bertz CT molecular complexity index is 375. The number of benzene rings is 2. The molecule has 0 saturated heterocycles. The number of hydrogen-bond acceptors (Lipinski definition) is 0. The molecule has 0 aliphatic rings. The largest absolute Gasteiger partial charge is 0.106 e. The van der Waals surface area contributed by atoms with Crippen LogP contribution in [0.5, 0.6) is 0 Å². The predicted molar refractivity (Wildman–Crippen MR) is 79.0 cm³/mol. The Morgan fingerprint density at radius 2 is 1.18 bits per heavy atom. The summed E-state index contributed by atoms with van der Waals surface area (Å²) >= 11 is 0. The second-order valence-electron chi connectivity index (χ2n) is 3.22. The third kappa shape index (κ3) is 6.91. The lowest BCUT2D eigenvalue weighted by atomic mass is 10.1. The number of hydrogen-bond donors (Lipinski definition) is 0. The minimum atomic E-state index is 1.22. The highest BCUT2D eigenvalue weighted by Gasteiger charge is 1.86. The van der Waals surface area contributed by atoms with Gasteiger partial charge >= 0.3 is 0 Å². The van der Waals surface area contributed by atoms with Crippen LogP contribution >= 0.6 is 0 Å². The molecular formula is C17H20. The van der Waals surface area contributed by atoms with Crippen molar-refractivity contribution in [3.63, 3.8) is 0 Å².